The number of ether oxygens (including phenoxy) is 1. The summed E-state index contributed by atoms with van der Waals surface area (Å²) in [5.74, 6) is 0. The maximum atomic E-state index is 9.49. The average molecular weight is 263 g/mol. The summed E-state index contributed by atoms with van der Waals surface area (Å²) < 4.78 is 5.26. The van der Waals surface area contributed by atoms with E-state index in [1.165, 1.54) is 22.3 Å². The van der Waals surface area contributed by atoms with Gasteiger partial charge in [-0.1, -0.05) is 17.7 Å². The average Bonchev–Trinajstić information content (AvgIpc) is 2.28. The topological polar surface area (TPSA) is 32.7 Å². The molecule has 1 aromatic carbocycles. The first-order valence-corrected chi connectivity index (χ1v) is 6.90. The summed E-state index contributed by atoms with van der Waals surface area (Å²) in [6, 6.07) is 4.48. The van der Waals surface area contributed by atoms with Crippen molar-refractivity contribution in [3.63, 3.8) is 0 Å². The van der Waals surface area contributed by atoms with Crippen molar-refractivity contribution in [2.24, 2.45) is 5.41 Å². The highest BCUT2D eigenvalue weighted by Crippen LogP contribution is 2.28. The Morgan fingerprint density at radius 2 is 1.79 bits per heavy atom. The fraction of sp³-hybridized carbons (Fsp3) is 0.625. The maximum Gasteiger partial charge on any atom is 0.0579 e. The molecule has 0 unspecified atom stereocenters. The highest BCUT2D eigenvalue weighted by atomic mass is 16.5. The zero-order valence-corrected chi connectivity index (χ0v) is 12.5. The minimum absolute atomic E-state index is 0.0404. The Kier molecular flexibility index (Phi) is 4.29. The van der Waals surface area contributed by atoms with Gasteiger partial charge in [-0.05, 0) is 44.5 Å². The predicted molar refractivity (Wildman–Crippen MR) is 77.3 cm³/mol. The molecule has 0 amide bonds. The minimum atomic E-state index is -0.0404. The van der Waals surface area contributed by atoms with Crippen LogP contribution in [0.1, 0.15) is 22.3 Å². The lowest BCUT2D eigenvalue weighted by molar-refractivity contribution is -0.147. The van der Waals surface area contributed by atoms with Gasteiger partial charge in [0.1, 0.15) is 0 Å². The van der Waals surface area contributed by atoms with Crippen molar-refractivity contribution < 1.29 is 9.84 Å². The normalized spacial score (nSPS) is 17.6. The molecule has 2 rings (SSSR count). The Morgan fingerprint density at radius 3 is 2.21 bits per heavy atom. The molecule has 0 aliphatic carbocycles. The quantitative estimate of drug-likeness (QED) is 0.882. The molecule has 0 bridgehead atoms. The van der Waals surface area contributed by atoms with Crippen LogP contribution in [0.4, 0.5) is 0 Å². The fourth-order valence-corrected chi connectivity index (χ4v) is 2.98. The molecule has 3 heteroatoms. The van der Waals surface area contributed by atoms with Crippen molar-refractivity contribution in [3.8, 4) is 0 Å². The number of nitrogens with zero attached hydrogens (tertiary/aromatic N) is 1. The Hall–Kier alpha value is -0.900. The van der Waals surface area contributed by atoms with Crippen LogP contribution in [0.25, 0.3) is 0 Å². The van der Waals surface area contributed by atoms with Gasteiger partial charge >= 0.3 is 0 Å². The SMILES string of the molecule is Cc1cc(C)c(CN(C)CC2(CO)COC2)c(C)c1. The van der Waals surface area contributed by atoms with Crippen molar-refractivity contribution in [2.75, 3.05) is 33.4 Å². The number of benzene rings is 1. The zero-order valence-electron chi connectivity index (χ0n) is 12.5. The molecule has 0 saturated carbocycles. The second kappa shape index (κ2) is 5.61. The van der Waals surface area contributed by atoms with Crippen LogP contribution in [0.2, 0.25) is 0 Å². The second-order valence-electron chi connectivity index (χ2n) is 6.20. The largest absolute Gasteiger partial charge is 0.396 e. The molecular formula is C16H25NO2. The summed E-state index contributed by atoms with van der Waals surface area (Å²) in [6.07, 6.45) is 0. The van der Waals surface area contributed by atoms with Gasteiger partial charge < -0.3 is 14.7 Å². The van der Waals surface area contributed by atoms with Crippen molar-refractivity contribution in [2.45, 2.75) is 27.3 Å². The van der Waals surface area contributed by atoms with E-state index in [9.17, 15) is 5.11 Å². The molecular weight excluding hydrogens is 238 g/mol. The molecule has 1 aromatic rings. The third kappa shape index (κ3) is 3.16. The van der Waals surface area contributed by atoms with Crippen LogP contribution in [0.3, 0.4) is 0 Å². The Bertz CT molecular complexity index is 424. The van der Waals surface area contributed by atoms with Crippen molar-refractivity contribution in [1.29, 1.82) is 0 Å². The molecule has 0 spiro atoms. The molecule has 0 radical (unpaired) electrons. The third-order valence-electron chi connectivity index (χ3n) is 4.03. The molecule has 3 nitrogen and oxygen atoms in total. The molecule has 1 saturated heterocycles. The van der Waals surface area contributed by atoms with E-state index in [-0.39, 0.29) is 12.0 Å². The Morgan fingerprint density at radius 1 is 1.21 bits per heavy atom. The van der Waals surface area contributed by atoms with Gasteiger partial charge in [0.05, 0.1) is 25.2 Å². The molecule has 1 N–H and O–H groups in total. The minimum Gasteiger partial charge on any atom is -0.396 e. The highest BCUT2D eigenvalue weighted by molar-refractivity contribution is 5.37. The van der Waals surface area contributed by atoms with Crippen LogP contribution in [-0.4, -0.2) is 43.4 Å². The fourth-order valence-electron chi connectivity index (χ4n) is 2.98. The van der Waals surface area contributed by atoms with Crippen LogP contribution in [0.15, 0.2) is 12.1 Å². The van der Waals surface area contributed by atoms with Crippen LogP contribution in [0, 0.1) is 26.2 Å². The van der Waals surface area contributed by atoms with E-state index in [0.717, 1.165) is 13.1 Å². The van der Waals surface area contributed by atoms with Crippen molar-refractivity contribution in [3.05, 3.63) is 34.4 Å². The first-order valence-electron chi connectivity index (χ1n) is 6.90. The molecule has 1 heterocycles. The lowest BCUT2D eigenvalue weighted by Crippen LogP contribution is -2.52. The van der Waals surface area contributed by atoms with Gasteiger partial charge in [-0.2, -0.15) is 0 Å². The van der Waals surface area contributed by atoms with E-state index < -0.39 is 0 Å². The van der Waals surface area contributed by atoms with Gasteiger partial charge in [-0.15, -0.1) is 0 Å². The van der Waals surface area contributed by atoms with Gasteiger partial charge in [-0.25, -0.2) is 0 Å². The number of rotatable bonds is 5. The van der Waals surface area contributed by atoms with E-state index in [4.69, 9.17) is 4.74 Å². The number of aliphatic hydroxyl groups is 1. The summed E-state index contributed by atoms with van der Waals surface area (Å²) in [6.45, 7) is 9.88. The number of hydrogen-bond acceptors (Lipinski definition) is 3. The summed E-state index contributed by atoms with van der Waals surface area (Å²) >= 11 is 0. The summed E-state index contributed by atoms with van der Waals surface area (Å²) in [5, 5.41) is 9.49. The number of aryl methyl sites for hydroxylation is 3. The Balaban J connectivity index is 2.05. The van der Waals surface area contributed by atoms with E-state index in [0.29, 0.717) is 13.2 Å². The summed E-state index contributed by atoms with van der Waals surface area (Å²) in [7, 11) is 2.12. The van der Waals surface area contributed by atoms with Crippen LogP contribution < -0.4 is 0 Å². The highest BCUT2D eigenvalue weighted by Gasteiger charge is 2.38. The molecule has 1 fully saturated rings. The maximum absolute atomic E-state index is 9.49. The summed E-state index contributed by atoms with van der Waals surface area (Å²) in [4.78, 5) is 2.30. The van der Waals surface area contributed by atoms with Gasteiger partial charge in [0, 0.05) is 13.1 Å². The van der Waals surface area contributed by atoms with E-state index >= 15 is 0 Å². The van der Waals surface area contributed by atoms with Gasteiger partial charge in [0.25, 0.3) is 0 Å². The van der Waals surface area contributed by atoms with Crippen LogP contribution >= 0.6 is 0 Å². The third-order valence-corrected chi connectivity index (χ3v) is 4.03. The van der Waals surface area contributed by atoms with Crippen LogP contribution in [0.5, 0.6) is 0 Å². The first-order chi connectivity index (χ1) is 8.96. The number of hydrogen-bond donors (Lipinski definition) is 1. The standard InChI is InChI=1S/C16H25NO2/c1-12-5-13(2)15(14(3)6-12)7-17(4)8-16(9-18)10-19-11-16/h5-6,18H,7-11H2,1-4H3. The monoisotopic (exact) mass is 263 g/mol. The molecule has 0 aromatic heterocycles. The lowest BCUT2D eigenvalue weighted by Gasteiger charge is -2.42. The van der Waals surface area contributed by atoms with E-state index in [2.05, 4.69) is 44.9 Å². The molecule has 106 valence electrons. The van der Waals surface area contributed by atoms with E-state index in [1.807, 2.05) is 0 Å². The lowest BCUT2D eigenvalue weighted by atomic mass is 9.86. The first kappa shape index (κ1) is 14.5. The van der Waals surface area contributed by atoms with Crippen molar-refractivity contribution >= 4 is 0 Å². The van der Waals surface area contributed by atoms with Crippen molar-refractivity contribution in [1.82, 2.24) is 4.90 Å². The predicted octanol–water partition coefficient (Wildman–Crippen LogP) is 2.05. The molecule has 1 aliphatic rings. The van der Waals surface area contributed by atoms with Gasteiger partial charge in [-0.3, -0.25) is 0 Å². The smallest absolute Gasteiger partial charge is 0.0579 e. The zero-order chi connectivity index (χ0) is 14.0. The van der Waals surface area contributed by atoms with Gasteiger partial charge in [0.2, 0.25) is 0 Å². The second-order valence-corrected chi connectivity index (χ2v) is 6.20. The van der Waals surface area contributed by atoms with Crippen LogP contribution in [-0.2, 0) is 11.3 Å². The van der Waals surface area contributed by atoms with E-state index in [1.54, 1.807) is 0 Å². The summed E-state index contributed by atoms with van der Waals surface area (Å²) in [5.41, 5.74) is 5.39. The molecule has 0 atom stereocenters. The molecule has 1 aliphatic heterocycles. The number of aliphatic hydroxyl groups excluding tert-OH is 1. The Labute approximate surface area is 116 Å². The van der Waals surface area contributed by atoms with Gasteiger partial charge in [0.15, 0.2) is 0 Å². The molecule has 19 heavy (non-hydrogen) atoms.